The van der Waals surface area contributed by atoms with E-state index >= 15 is 0 Å². The minimum Gasteiger partial charge on any atom is -0.500 e. The van der Waals surface area contributed by atoms with Gasteiger partial charge in [0.05, 0.1) is 19.9 Å². The van der Waals surface area contributed by atoms with E-state index in [-0.39, 0.29) is 43.2 Å². The molecule has 43 heavy (non-hydrogen) atoms. The van der Waals surface area contributed by atoms with Gasteiger partial charge in [0.25, 0.3) is 0 Å². The van der Waals surface area contributed by atoms with Crippen LogP contribution in [-0.2, 0) is 20.1 Å². The van der Waals surface area contributed by atoms with Crippen molar-refractivity contribution in [1.82, 2.24) is 9.97 Å². The molecule has 6 aromatic rings. The zero-order valence-electron chi connectivity index (χ0n) is 30.4. The number of fused-ring (bicyclic) bond motifs is 3. The van der Waals surface area contributed by atoms with E-state index in [9.17, 15) is 8.78 Å². The van der Waals surface area contributed by atoms with Crippen molar-refractivity contribution in [2.75, 3.05) is 0 Å². The average Bonchev–Trinajstić information content (AvgIpc) is 3.38. The molecule has 0 unspecified atom stereocenters. The number of aryl methyl sites for hydroxylation is 2. The Morgan fingerprint density at radius 1 is 0.884 bits per heavy atom. The third-order valence-electron chi connectivity index (χ3n) is 6.96. The average molecular weight is 775 g/mol. The summed E-state index contributed by atoms with van der Waals surface area (Å²) in [6.07, 6.45) is 2.87. The summed E-state index contributed by atoms with van der Waals surface area (Å²) in [6, 6.07) is 21.9. The van der Waals surface area contributed by atoms with Gasteiger partial charge in [-0.05, 0) is 47.0 Å². The Labute approximate surface area is 275 Å². The normalized spacial score (nSPS) is 14.0. The van der Waals surface area contributed by atoms with E-state index < -0.39 is 21.8 Å². The summed E-state index contributed by atoms with van der Waals surface area (Å²) in [5.74, 6) is -0.641. The second kappa shape index (κ2) is 13.0. The van der Waals surface area contributed by atoms with Gasteiger partial charge in [-0.25, -0.2) is 8.78 Å². The fraction of sp³-hybridized carbons (Fsp3) is 0.222. The van der Waals surface area contributed by atoms with Gasteiger partial charge in [-0.2, -0.15) is 0 Å². The molecule has 3 heterocycles. The van der Waals surface area contributed by atoms with Gasteiger partial charge in [0.15, 0.2) is 0 Å². The Bertz CT molecular complexity index is 2110. The predicted octanol–water partition coefficient (Wildman–Crippen LogP) is 9.56. The van der Waals surface area contributed by atoms with Crippen LogP contribution in [0.2, 0.25) is 19.6 Å². The summed E-state index contributed by atoms with van der Waals surface area (Å²) >= 11 is 0. The number of benzene rings is 3. The first kappa shape index (κ1) is 24.9. The van der Waals surface area contributed by atoms with E-state index in [1.54, 1.807) is 36.5 Å². The van der Waals surface area contributed by atoms with Crippen molar-refractivity contribution < 1.29 is 41.5 Å². The van der Waals surface area contributed by atoms with E-state index in [0.29, 0.717) is 44.8 Å². The Morgan fingerprint density at radius 3 is 2.35 bits per heavy atom. The monoisotopic (exact) mass is 775 g/mol. The molecule has 0 aliphatic heterocycles. The zero-order chi connectivity index (χ0) is 35.2. The van der Waals surface area contributed by atoms with Gasteiger partial charge in [-0.1, -0.05) is 69.0 Å². The molecular weight excluding hydrogens is 735 g/mol. The van der Waals surface area contributed by atoms with Crippen molar-refractivity contribution in [2.24, 2.45) is 0 Å². The zero-order valence-corrected chi connectivity index (χ0v) is 27.8. The molecule has 0 amide bonds. The largest absolute Gasteiger partial charge is 0.500 e. The fourth-order valence-electron chi connectivity index (χ4n) is 4.72. The molecule has 0 aliphatic rings. The Balaban J connectivity index is 0.000000216. The van der Waals surface area contributed by atoms with Gasteiger partial charge in [-0.15, -0.1) is 53.6 Å². The Hall–Kier alpha value is -3.51. The fourth-order valence-corrected chi connectivity index (χ4v) is 6.06. The molecule has 0 saturated heterocycles. The number of pyridine rings is 2. The van der Waals surface area contributed by atoms with Crippen LogP contribution in [0.5, 0.6) is 0 Å². The molecule has 0 saturated carbocycles. The summed E-state index contributed by atoms with van der Waals surface area (Å²) in [5, 5.41) is 2.49. The maximum Gasteiger partial charge on any atom is 0.143 e. The van der Waals surface area contributed by atoms with Crippen LogP contribution >= 0.6 is 0 Å². The predicted molar refractivity (Wildman–Crippen MR) is 171 cm³/mol. The number of furan rings is 1. The van der Waals surface area contributed by atoms with Crippen molar-refractivity contribution in [2.45, 2.75) is 53.1 Å². The first-order valence-electron chi connectivity index (χ1n) is 16.6. The van der Waals surface area contributed by atoms with E-state index in [1.807, 2.05) is 19.9 Å². The SMILES string of the molecule is CC(C)c1cc(-c2[c-]ccc3c2oc2cc(F)ccc23)ncc1F.[2H]C([2H])([2H])c1c[c-]c(-c2cc(C([2H])([2H])[2H])c([Si](C)(C)C)cn2)cc1.[Ir]. The van der Waals surface area contributed by atoms with Gasteiger partial charge in [0.1, 0.15) is 17.2 Å². The van der Waals surface area contributed by atoms with Crippen LogP contribution in [0.3, 0.4) is 0 Å². The molecule has 0 N–H and O–H groups in total. The van der Waals surface area contributed by atoms with Gasteiger partial charge in [0, 0.05) is 46.0 Å². The van der Waals surface area contributed by atoms with Crippen LogP contribution in [0.25, 0.3) is 44.5 Å². The number of hydrogen-bond donors (Lipinski definition) is 0. The Kier molecular flexibility index (Phi) is 7.52. The molecule has 0 aliphatic carbocycles. The standard InChI is InChI=1S/C20H14F2NO.C16H20NSi.Ir/c1-11(2)16-9-18(23-10-17(16)22)15-5-3-4-14-13-7-6-12(21)8-19(13)24-20(14)15;1-12-6-8-14(9-7-12)15-10-13(2)16(11-17-15)18(3,4)5;/h3-4,6-11H,1-2H3;6-8,10-11H,1-5H3;/q2*-1;/i;1D3,2D3;. The van der Waals surface area contributed by atoms with Crippen LogP contribution in [0.15, 0.2) is 77.5 Å². The first-order valence-corrected chi connectivity index (χ1v) is 17.1. The van der Waals surface area contributed by atoms with Gasteiger partial charge < -0.3 is 14.4 Å². The summed E-state index contributed by atoms with van der Waals surface area (Å²) in [7, 11) is -1.85. The van der Waals surface area contributed by atoms with Crippen LogP contribution < -0.4 is 5.19 Å². The smallest absolute Gasteiger partial charge is 0.143 e. The van der Waals surface area contributed by atoms with Gasteiger partial charge >= 0.3 is 0 Å². The molecule has 0 atom stereocenters. The summed E-state index contributed by atoms with van der Waals surface area (Å²) in [4.78, 5) is 8.58. The molecule has 1 radical (unpaired) electrons. The van der Waals surface area contributed by atoms with Crippen LogP contribution in [0, 0.1) is 37.5 Å². The molecule has 3 nitrogen and oxygen atoms in total. The third kappa shape index (κ3) is 7.01. The molecular formula is C36H34F2IrN2OSi-2. The Morgan fingerprint density at radius 2 is 1.67 bits per heavy atom. The maximum absolute atomic E-state index is 13.9. The van der Waals surface area contributed by atoms with Gasteiger partial charge in [-0.3, -0.25) is 0 Å². The molecule has 0 bridgehead atoms. The summed E-state index contributed by atoms with van der Waals surface area (Å²) < 4.78 is 78.8. The van der Waals surface area contributed by atoms with Crippen molar-refractivity contribution in [3.8, 4) is 22.5 Å². The molecule has 7 heteroatoms. The van der Waals surface area contributed by atoms with Crippen LogP contribution in [0.1, 0.15) is 44.7 Å². The molecule has 3 aromatic carbocycles. The molecule has 0 spiro atoms. The van der Waals surface area contributed by atoms with E-state index in [4.69, 9.17) is 12.6 Å². The van der Waals surface area contributed by atoms with Crippen molar-refractivity contribution in [1.29, 1.82) is 0 Å². The van der Waals surface area contributed by atoms with Crippen molar-refractivity contribution in [3.05, 3.63) is 114 Å². The third-order valence-corrected chi connectivity index (χ3v) is 8.97. The van der Waals surface area contributed by atoms with Crippen molar-refractivity contribution in [3.63, 3.8) is 0 Å². The van der Waals surface area contributed by atoms with E-state index in [2.05, 4.69) is 41.7 Å². The molecule has 6 rings (SSSR count). The summed E-state index contributed by atoms with van der Waals surface area (Å²) in [5.41, 5.74) is 4.45. The summed E-state index contributed by atoms with van der Waals surface area (Å²) in [6.45, 7) is 5.69. The number of hydrogen-bond acceptors (Lipinski definition) is 3. The molecule has 3 aromatic heterocycles. The van der Waals surface area contributed by atoms with E-state index in [1.165, 1.54) is 30.5 Å². The van der Waals surface area contributed by atoms with Gasteiger partial charge in [0.2, 0.25) is 0 Å². The number of aromatic nitrogens is 2. The van der Waals surface area contributed by atoms with Crippen LogP contribution in [0.4, 0.5) is 8.78 Å². The number of rotatable bonds is 4. The quantitative estimate of drug-likeness (QED) is 0.132. The van der Waals surface area contributed by atoms with Crippen LogP contribution in [-0.4, -0.2) is 18.0 Å². The minimum atomic E-state index is -2.22. The number of nitrogens with zero attached hydrogens (tertiary/aromatic N) is 2. The second-order valence-electron chi connectivity index (χ2n) is 11.4. The number of halogens is 2. The minimum absolute atomic E-state index is 0. The second-order valence-corrected chi connectivity index (χ2v) is 16.5. The molecule has 223 valence electrons. The topological polar surface area (TPSA) is 38.9 Å². The molecule has 0 fully saturated rings. The first-order chi connectivity index (χ1) is 22.3. The van der Waals surface area contributed by atoms with E-state index in [0.717, 1.165) is 16.0 Å². The maximum atomic E-state index is 13.9. The van der Waals surface area contributed by atoms with Crippen molar-refractivity contribution >= 4 is 35.2 Å².